The zero-order chi connectivity index (χ0) is 24.8. The van der Waals surface area contributed by atoms with Gasteiger partial charge in [-0.2, -0.15) is 5.10 Å². The van der Waals surface area contributed by atoms with Crippen LogP contribution in [0.2, 0.25) is 0 Å². The van der Waals surface area contributed by atoms with Crippen molar-refractivity contribution < 1.29 is 24.0 Å². The van der Waals surface area contributed by atoms with Crippen molar-refractivity contribution in [2.45, 2.75) is 0 Å². The van der Waals surface area contributed by atoms with Crippen molar-refractivity contribution >= 4 is 34.6 Å². The van der Waals surface area contributed by atoms with Gasteiger partial charge in [0.2, 0.25) is 5.75 Å². The molecular weight excluding hydrogens is 450 g/mol. The summed E-state index contributed by atoms with van der Waals surface area (Å²) in [6.07, 6.45) is 1.18. The van der Waals surface area contributed by atoms with E-state index in [-0.39, 0.29) is 16.9 Å². The van der Waals surface area contributed by atoms with E-state index in [9.17, 15) is 19.7 Å². The van der Waals surface area contributed by atoms with Crippen LogP contribution in [0.5, 0.6) is 11.5 Å². The maximum atomic E-state index is 12.7. The van der Waals surface area contributed by atoms with Crippen LogP contribution in [0.4, 0.5) is 5.69 Å². The summed E-state index contributed by atoms with van der Waals surface area (Å²) in [5, 5.41) is 17.2. The highest BCUT2D eigenvalue weighted by Crippen LogP contribution is 2.31. The number of nitrogens with one attached hydrogen (secondary N) is 1. The molecule has 35 heavy (non-hydrogen) atoms. The van der Waals surface area contributed by atoms with Crippen LogP contribution in [0.25, 0.3) is 10.8 Å². The standard InChI is InChI=1S/C26H19N3O6/c1-34-20-11-4-9-18(15-20)26(31)35-24-19(10-6-14-23(24)29(32)33)16-27-28-25(30)22-13-5-8-17-7-2-3-12-21(17)22/h2-16H,1H3,(H,28,30)/b27-16+. The number of benzene rings is 4. The number of nitro groups is 1. The van der Waals surface area contributed by atoms with E-state index in [1.165, 1.54) is 43.7 Å². The molecular formula is C26H19N3O6. The predicted octanol–water partition coefficient (Wildman–Crippen LogP) is 4.74. The molecule has 4 rings (SSSR count). The minimum Gasteiger partial charge on any atom is -0.497 e. The number of carbonyl (C=O) groups excluding carboxylic acids is 2. The van der Waals surface area contributed by atoms with Gasteiger partial charge in [0.25, 0.3) is 5.91 Å². The second-order valence-corrected chi connectivity index (χ2v) is 7.30. The summed E-state index contributed by atoms with van der Waals surface area (Å²) in [5.41, 5.74) is 2.70. The molecule has 0 spiro atoms. The predicted molar refractivity (Wildman–Crippen MR) is 130 cm³/mol. The molecule has 0 saturated carbocycles. The van der Waals surface area contributed by atoms with Gasteiger partial charge in [-0.3, -0.25) is 14.9 Å². The Morgan fingerprint density at radius 3 is 2.51 bits per heavy atom. The molecule has 0 aromatic heterocycles. The van der Waals surface area contributed by atoms with Gasteiger partial charge in [0.1, 0.15) is 5.75 Å². The van der Waals surface area contributed by atoms with Crippen molar-refractivity contribution in [3.05, 3.63) is 112 Å². The van der Waals surface area contributed by atoms with E-state index in [0.29, 0.717) is 11.3 Å². The Hall–Kier alpha value is -5.05. The second kappa shape index (κ2) is 10.3. The molecule has 0 radical (unpaired) electrons. The Morgan fingerprint density at radius 2 is 1.71 bits per heavy atom. The Balaban J connectivity index is 1.60. The van der Waals surface area contributed by atoms with Crippen molar-refractivity contribution in [3.63, 3.8) is 0 Å². The van der Waals surface area contributed by atoms with Crippen molar-refractivity contribution in [1.29, 1.82) is 0 Å². The maximum Gasteiger partial charge on any atom is 0.343 e. The van der Waals surface area contributed by atoms with Crippen LogP contribution in [0.15, 0.2) is 90.0 Å². The smallest absolute Gasteiger partial charge is 0.343 e. The van der Waals surface area contributed by atoms with Gasteiger partial charge in [-0.15, -0.1) is 0 Å². The topological polar surface area (TPSA) is 120 Å². The summed E-state index contributed by atoms with van der Waals surface area (Å²) >= 11 is 0. The lowest BCUT2D eigenvalue weighted by atomic mass is 10.0. The minimum absolute atomic E-state index is 0.133. The fraction of sp³-hybridized carbons (Fsp3) is 0.0385. The number of hydrazone groups is 1. The number of nitro benzene ring substituents is 1. The molecule has 0 aliphatic rings. The third-order valence-corrected chi connectivity index (χ3v) is 5.13. The molecule has 0 aliphatic carbocycles. The van der Waals surface area contributed by atoms with Crippen LogP contribution in [0.3, 0.4) is 0 Å². The van der Waals surface area contributed by atoms with Crippen LogP contribution in [0, 0.1) is 10.1 Å². The van der Waals surface area contributed by atoms with E-state index in [1.807, 2.05) is 30.3 Å². The number of ether oxygens (including phenoxy) is 2. The molecule has 9 nitrogen and oxygen atoms in total. The second-order valence-electron chi connectivity index (χ2n) is 7.30. The number of esters is 1. The zero-order valence-corrected chi connectivity index (χ0v) is 18.5. The number of hydrogen-bond donors (Lipinski definition) is 1. The molecule has 0 fully saturated rings. The molecule has 1 N–H and O–H groups in total. The number of para-hydroxylation sites is 1. The monoisotopic (exact) mass is 469 g/mol. The lowest BCUT2D eigenvalue weighted by molar-refractivity contribution is -0.385. The summed E-state index contributed by atoms with van der Waals surface area (Å²) in [4.78, 5) is 36.3. The number of methoxy groups -OCH3 is 1. The highest BCUT2D eigenvalue weighted by molar-refractivity contribution is 6.07. The normalized spacial score (nSPS) is 10.8. The molecule has 0 saturated heterocycles. The van der Waals surface area contributed by atoms with Gasteiger partial charge in [0.15, 0.2) is 0 Å². The van der Waals surface area contributed by atoms with Crippen molar-refractivity contribution in [2.75, 3.05) is 7.11 Å². The first-order valence-electron chi connectivity index (χ1n) is 10.4. The molecule has 0 bridgehead atoms. The highest BCUT2D eigenvalue weighted by Gasteiger charge is 2.22. The number of carbonyl (C=O) groups is 2. The summed E-state index contributed by atoms with van der Waals surface area (Å²) < 4.78 is 10.5. The molecule has 1 amide bonds. The Morgan fingerprint density at radius 1 is 0.971 bits per heavy atom. The average molecular weight is 469 g/mol. The third kappa shape index (κ3) is 5.14. The molecule has 0 unspecified atom stereocenters. The van der Waals surface area contributed by atoms with Crippen LogP contribution in [-0.4, -0.2) is 30.1 Å². The van der Waals surface area contributed by atoms with Crippen LogP contribution in [0.1, 0.15) is 26.3 Å². The van der Waals surface area contributed by atoms with Crippen molar-refractivity contribution in [2.24, 2.45) is 5.10 Å². The quantitative estimate of drug-likeness (QED) is 0.137. The van der Waals surface area contributed by atoms with E-state index in [4.69, 9.17) is 9.47 Å². The first kappa shape index (κ1) is 23.1. The number of rotatable bonds is 7. The summed E-state index contributed by atoms with van der Waals surface area (Å²) in [7, 11) is 1.45. The van der Waals surface area contributed by atoms with Gasteiger partial charge in [-0.1, -0.05) is 48.5 Å². The summed E-state index contributed by atoms with van der Waals surface area (Å²) in [5.74, 6) is -1.14. The molecule has 0 heterocycles. The maximum absolute atomic E-state index is 12.7. The van der Waals surface area contributed by atoms with E-state index in [2.05, 4.69) is 10.5 Å². The van der Waals surface area contributed by atoms with E-state index < -0.39 is 22.5 Å². The van der Waals surface area contributed by atoms with Gasteiger partial charge in [-0.05, 0) is 41.1 Å². The molecule has 9 heteroatoms. The van der Waals surface area contributed by atoms with Crippen LogP contribution in [-0.2, 0) is 0 Å². The van der Waals surface area contributed by atoms with Crippen LogP contribution >= 0.6 is 0 Å². The van der Waals surface area contributed by atoms with Crippen molar-refractivity contribution in [1.82, 2.24) is 5.43 Å². The Labute approximate surface area is 199 Å². The molecule has 174 valence electrons. The lowest BCUT2D eigenvalue weighted by Gasteiger charge is -2.09. The average Bonchev–Trinajstić information content (AvgIpc) is 2.88. The van der Waals surface area contributed by atoms with Gasteiger partial charge in [0.05, 0.1) is 23.8 Å². The van der Waals surface area contributed by atoms with E-state index in [1.54, 1.807) is 24.3 Å². The van der Waals surface area contributed by atoms with Gasteiger partial charge in [0, 0.05) is 17.2 Å². The van der Waals surface area contributed by atoms with Crippen LogP contribution < -0.4 is 14.9 Å². The number of hydrogen-bond acceptors (Lipinski definition) is 7. The fourth-order valence-electron chi connectivity index (χ4n) is 3.44. The molecule has 4 aromatic rings. The molecule has 0 atom stereocenters. The Bertz CT molecular complexity index is 1460. The number of amides is 1. The van der Waals surface area contributed by atoms with Gasteiger partial charge >= 0.3 is 11.7 Å². The largest absolute Gasteiger partial charge is 0.497 e. The number of nitrogens with zero attached hydrogens (tertiary/aromatic N) is 2. The lowest BCUT2D eigenvalue weighted by Crippen LogP contribution is -2.18. The summed E-state index contributed by atoms with van der Waals surface area (Å²) in [6, 6.07) is 23.1. The molecule has 4 aromatic carbocycles. The summed E-state index contributed by atoms with van der Waals surface area (Å²) in [6.45, 7) is 0. The van der Waals surface area contributed by atoms with Crippen molar-refractivity contribution in [3.8, 4) is 11.5 Å². The van der Waals surface area contributed by atoms with Gasteiger partial charge < -0.3 is 9.47 Å². The van der Waals surface area contributed by atoms with E-state index >= 15 is 0 Å². The molecule has 0 aliphatic heterocycles. The Kier molecular flexibility index (Phi) is 6.78. The first-order valence-corrected chi connectivity index (χ1v) is 10.4. The number of fused-ring (bicyclic) bond motifs is 1. The minimum atomic E-state index is -0.812. The third-order valence-electron chi connectivity index (χ3n) is 5.13. The fourth-order valence-corrected chi connectivity index (χ4v) is 3.44. The zero-order valence-electron chi connectivity index (χ0n) is 18.5. The highest BCUT2D eigenvalue weighted by atomic mass is 16.6. The first-order chi connectivity index (χ1) is 17.0. The SMILES string of the molecule is COc1cccc(C(=O)Oc2c(/C=N/NC(=O)c3cccc4ccccc34)cccc2[N+](=O)[O-])c1. The van der Waals surface area contributed by atoms with Gasteiger partial charge in [-0.25, -0.2) is 10.2 Å². The van der Waals surface area contributed by atoms with E-state index in [0.717, 1.165) is 10.8 Å².